The lowest BCUT2D eigenvalue weighted by Gasteiger charge is -2.44. The van der Waals surface area contributed by atoms with Gasteiger partial charge in [-0.2, -0.15) is 5.10 Å². The minimum atomic E-state index is -0.172. The normalized spacial score (nSPS) is 23.6. The molecule has 1 aromatic heterocycles. The number of hydrogen-bond acceptors (Lipinski definition) is 4. The van der Waals surface area contributed by atoms with Gasteiger partial charge in [0.15, 0.2) is 0 Å². The quantitative estimate of drug-likeness (QED) is 0.756. The second-order valence-corrected chi connectivity index (χ2v) is 5.07. The van der Waals surface area contributed by atoms with Crippen LogP contribution in [0.1, 0.15) is 12.8 Å². The number of anilines is 1. The van der Waals surface area contributed by atoms with Crippen molar-refractivity contribution >= 4 is 11.6 Å². The first kappa shape index (κ1) is 11.7. The van der Waals surface area contributed by atoms with E-state index >= 15 is 0 Å². The molecule has 6 heteroatoms. The van der Waals surface area contributed by atoms with E-state index in [9.17, 15) is 4.79 Å². The highest BCUT2D eigenvalue weighted by Crippen LogP contribution is 2.30. The average molecular weight is 250 g/mol. The second kappa shape index (κ2) is 4.37. The molecule has 2 aliphatic rings. The van der Waals surface area contributed by atoms with E-state index in [4.69, 9.17) is 4.74 Å². The van der Waals surface area contributed by atoms with Crippen molar-refractivity contribution in [3.05, 3.63) is 12.4 Å². The number of hydrogen-bond donors (Lipinski definition) is 1. The number of aromatic nitrogens is 2. The molecule has 1 spiro atoms. The molecule has 0 aliphatic carbocycles. The van der Waals surface area contributed by atoms with E-state index in [1.165, 1.54) is 0 Å². The molecule has 0 atom stereocenters. The maximum Gasteiger partial charge on any atom is 0.253 e. The van der Waals surface area contributed by atoms with Gasteiger partial charge in [0.2, 0.25) is 0 Å². The van der Waals surface area contributed by atoms with E-state index in [-0.39, 0.29) is 18.1 Å². The molecule has 1 aromatic rings. The summed E-state index contributed by atoms with van der Waals surface area (Å²) in [6, 6.07) is 0. The molecular weight excluding hydrogens is 232 g/mol. The number of carbonyl (C=O) groups excluding carboxylic acids is 1. The van der Waals surface area contributed by atoms with Crippen molar-refractivity contribution in [1.29, 1.82) is 0 Å². The van der Waals surface area contributed by atoms with Crippen molar-refractivity contribution in [3.8, 4) is 0 Å². The number of morpholine rings is 1. The van der Waals surface area contributed by atoms with Crippen LogP contribution in [0.5, 0.6) is 0 Å². The summed E-state index contributed by atoms with van der Waals surface area (Å²) in [5, 5.41) is 7.46. The summed E-state index contributed by atoms with van der Waals surface area (Å²) in [6.45, 7) is 2.72. The highest BCUT2D eigenvalue weighted by atomic mass is 16.5. The van der Waals surface area contributed by atoms with E-state index < -0.39 is 0 Å². The average Bonchev–Trinajstić information content (AvgIpc) is 2.80. The fraction of sp³-hybridized carbons (Fsp3) is 0.667. The molecule has 18 heavy (non-hydrogen) atoms. The van der Waals surface area contributed by atoms with Crippen LogP contribution in [0, 0.1) is 0 Å². The van der Waals surface area contributed by atoms with Gasteiger partial charge in [-0.3, -0.25) is 9.48 Å². The molecule has 2 saturated heterocycles. The molecule has 98 valence electrons. The fourth-order valence-corrected chi connectivity index (χ4v) is 2.68. The molecule has 2 aliphatic heterocycles. The van der Waals surface area contributed by atoms with Crippen molar-refractivity contribution in [2.75, 3.05) is 31.1 Å². The molecule has 0 unspecified atom stereocenters. The van der Waals surface area contributed by atoms with Crippen molar-refractivity contribution in [2.24, 2.45) is 7.05 Å². The predicted molar refractivity (Wildman–Crippen MR) is 66.3 cm³/mol. The topological polar surface area (TPSA) is 59.4 Å². The van der Waals surface area contributed by atoms with Gasteiger partial charge in [0.1, 0.15) is 6.61 Å². The van der Waals surface area contributed by atoms with Gasteiger partial charge in [-0.15, -0.1) is 0 Å². The van der Waals surface area contributed by atoms with E-state index in [1.807, 2.05) is 18.1 Å². The zero-order valence-electron chi connectivity index (χ0n) is 10.6. The summed E-state index contributed by atoms with van der Waals surface area (Å²) >= 11 is 0. The fourth-order valence-electron chi connectivity index (χ4n) is 2.68. The first-order valence-corrected chi connectivity index (χ1v) is 6.32. The Balaban J connectivity index is 1.82. The number of rotatable bonds is 1. The summed E-state index contributed by atoms with van der Waals surface area (Å²) in [7, 11) is 1.86. The van der Waals surface area contributed by atoms with E-state index in [0.717, 1.165) is 31.6 Å². The van der Waals surface area contributed by atoms with Crippen molar-refractivity contribution in [2.45, 2.75) is 18.4 Å². The lowest BCUT2D eigenvalue weighted by atomic mass is 9.90. The van der Waals surface area contributed by atoms with Crippen LogP contribution in [0.2, 0.25) is 0 Å². The molecule has 3 rings (SSSR count). The Morgan fingerprint density at radius 3 is 2.89 bits per heavy atom. The lowest BCUT2D eigenvalue weighted by molar-refractivity contribution is -0.141. The Bertz CT molecular complexity index is 451. The number of ether oxygens (including phenoxy) is 1. The number of piperidine rings is 1. The Kier molecular flexibility index (Phi) is 2.83. The van der Waals surface area contributed by atoms with Gasteiger partial charge in [0.05, 0.1) is 24.0 Å². The molecule has 0 bridgehead atoms. The number of amides is 1. The van der Waals surface area contributed by atoms with Crippen molar-refractivity contribution in [1.82, 2.24) is 15.1 Å². The van der Waals surface area contributed by atoms with Crippen LogP contribution in [0.25, 0.3) is 0 Å². The van der Waals surface area contributed by atoms with Gasteiger partial charge >= 0.3 is 0 Å². The zero-order chi connectivity index (χ0) is 12.6. The monoisotopic (exact) mass is 250 g/mol. The van der Waals surface area contributed by atoms with Gasteiger partial charge in [0.25, 0.3) is 5.91 Å². The smallest absolute Gasteiger partial charge is 0.253 e. The molecule has 0 saturated carbocycles. The number of carbonyl (C=O) groups is 1. The lowest BCUT2D eigenvalue weighted by Crippen LogP contribution is -2.58. The maximum absolute atomic E-state index is 12.0. The highest BCUT2D eigenvalue weighted by Gasteiger charge is 2.41. The molecule has 0 aromatic carbocycles. The van der Waals surface area contributed by atoms with Crippen LogP contribution in [-0.2, 0) is 16.6 Å². The minimum absolute atomic E-state index is 0.0205. The molecule has 0 radical (unpaired) electrons. The van der Waals surface area contributed by atoms with Gasteiger partial charge < -0.3 is 15.0 Å². The summed E-state index contributed by atoms with van der Waals surface area (Å²) in [5.41, 5.74) is 0.693. The largest absolute Gasteiger partial charge is 0.363 e. The summed E-state index contributed by atoms with van der Waals surface area (Å²) in [5.74, 6) is 0.0205. The summed E-state index contributed by atoms with van der Waals surface area (Å²) in [6.07, 6.45) is 5.52. The Morgan fingerprint density at radius 2 is 2.22 bits per heavy atom. The summed E-state index contributed by atoms with van der Waals surface area (Å²) in [4.78, 5) is 13.8. The molecule has 6 nitrogen and oxygen atoms in total. The SMILES string of the molecule is Cn1cc(N2CC3(CCNCC3)OCC2=O)cn1. The van der Waals surface area contributed by atoms with Gasteiger partial charge in [0, 0.05) is 13.2 Å². The van der Waals surface area contributed by atoms with E-state index in [2.05, 4.69) is 10.4 Å². The van der Waals surface area contributed by atoms with E-state index in [0.29, 0.717) is 6.54 Å². The second-order valence-electron chi connectivity index (χ2n) is 5.07. The third kappa shape index (κ3) is 2.02. The van der Waals surface area contributed by atoms with Crippen LogP contribution in [0.4, 0.5) is 5.69 Å². The van der Waals surface area contributed by atoms with Crippen LogP contribution in [0.15, 0.2) is 12.4 Å². The third-order valence-corrected chi connectivity index (χ3v) is 3.77. The third-order valence-electron chi connectivity index (χ3n) is 3.77. The molecular formula is C12H18N4O2. The zero-order valence-corrected chi connectivity index (χ0v) is 10.6. The van der Waals surface area contributed by atoms with Crippen LogP contribution in [0.3, 0.4) is 0 Å². The first-order chi connectivity index (χ1) is 8.69. The highest BCUT2D eigenvalue weighted by molar-refractivity contribution is 5.94. The van der Waals surface area contributed by atoms with Crippen molar-refractivity contribution < 1.29 is 9.53 Å². The minimum Gasteiger partial charge on any atom is -0.363 e. The number of nitrogens with one attached hydrogen (secondary N) is 1. The predicted octanol–water partition coefficient (Wildman–Crippen LogP) is -0.0945. The van der Waals surface area contributed by atoms with Crippen LogP contribution < -0.4 is 10.2 Å². The standard InChI is InChI=1S/C12H18N4O2/c1-15-7-10(6-14-15)16-9-12(18-8-11(16)17)2-4-13-5-3-12/h6-7,13H,2-5,8-9H2,1H3. The molecule has 1 N–H and O–H groups in total. The first-order valence-electron chi connectivity index (χ1n) is 6.32. The van der Waals surface area contributed by atoms with Crippen LogP contribution in [-0.4, -0.2) is 47.5 Å². The van der Waals surface area contributed by atoms with Crippen molar-refractivity contribution in [3.63, 3.8) is 0 Å². The molecule has 3 heterocycles. The van der Waals surface area contributed by atoms with E-state index in [1.54, 1.807) is 10.9 Å². The Hall–Kier alpha value is -1.40. The van der Waals surface area contributed by atoms with Gasteiger partial charge in [-0.1, -0.05) is 0 Å². The Morgan fingerprint density at radius 1 is 1.44 bits per heavy atom. The maximum atomic E-state index is 12.0. The molecule has 1 amide bonds. The Labute approximate surface area is 106 Å². The van der Waals surface area contributed by atoms with Gasteiger partial charge in [-0.05, 0) is 25.9 Å². The van der Waals surface area contributed by atoms with Gasteiger partial charge in [-0.25, -0.2) is 0 Å². The number of nitrogens with zero attached hydrogens (tertiary/aromatic N) is 3. The number of aryl methyl sites for hydroxylation is 1. The molecule has 2 fully saturated rings. The summed E-state index contributed by atoms with van der Waals surface area (Å²) < 4.78 is 7.53. The van der Waals surface area contributed by atoms with Crippen LogP contribution >= 0.6 is 0 Å².